The third kappa shape index (κ3) is 4.74. The second kappa shape index (κ2) is 10.7. The number of hydrogen-bond donors (Lipinski definition) is 0. The fraction of sp³-hybridized carbons (Fsp3) is 0. The highest BCUT2D eigenvalue weighted by Crippen LogP contribution is 2.40. The van der Waals surface area contributed by atoms with Crippen molar-refractivity contribution in [3.8, 4) is 56.8 Å². The molecule has 0 spiro atoms. The summed E-state index contributed by atoms with van der Waals surface area (Å²) in [5.74, 6) is 2.60. The van der Waals surface area contributed by atoms with Gasteiger partial charge < -0.3 is 0 Å². The Hall–Kier alpha value is -5.59. The second-order valence-corrected chi connectivity index (χ2v) is 11.2. The summed E-state index contributed by atoms with van der Waals surface area (Å²) >= 11 is 1.71. The average molecular weight is 570 g/mol. The summed E-state index contributed by atoms with van der Waals surface area (Å²) in [5, 5.41) is 1.05. The van der Waals surface area contributed by atoms with Crippen molar-refractivity contribution >= 4 is 31.6 Å². The molecule has 0 aliphatic heterocycles. The van der Waals surface area contributed by atoms with Gasteiger partial charge in [0.25, 0.3) is 0 Å². The van der Waals surface area contributed by atoms with E-state index in [1.807, 2.05) is 97.1 Å². The number of nitrogens with zero attached hydrogens (tertiary/aromatic N) is 5. The summed E-state index contributed by atoms with van der Waals surface area (Å²) < 4.78 is 2.19. The fourth-order valence-corrected chi connectivity index (χ4v) is 6.36. The third-order valence-corrected chi connectivity index (χ3v) is 8.52. The zero-order valence-electron chi connectivity index (χ0n) is 22.9. The largest absolute Gasteiger partial charge is 0.226 e. The number of thiophene rings is 1. The highest BCUT2D eigenvalue weighted by Gasteiger charge is 2.18. The first-order chi connectivity index (χ1) is 21.3. The Kier molecular flexibility index (Phi) is 6.24. The van der Waals surface area contributed by atoms with E-state index >= 15 is 0 Å². The predicted molar refractivity (Wildman–Crippen MR) is 175 cm³/mol. The Morgan fingerprint density at radius 3 is 1.33 bits per heavy atom. The molecule has 0 unspecified atom stereocenters. The number of rotatable bonds is 5. The van der Waals surface area contributed by atoms with Gasteiger partial charge in [-0.2, -0.15) is 0 Å². The highest BCUT2D eigenvalue weighted by atomic mass is 32.1. The van der Waals surface area contributed by atoms with Crippen molar-refractivity contribution in [2.75, 3.05) is 0 Å². The molecule has 43 heavy (non-hydrogen) atoms. The summed E-state index contributed by atoms with van der Waals surface area (Å²) in [6.07, 6.45) is 0. The molecule has 0 saturated carbocycles. The molecule has 202 valence electrons. The first-order valence-electron chi connectivity index (χ1n) is 14.0. The van der Waals surface area contributed by atoms with Gasteiger partial charge in [-0.3, -0.25) is 0 Å². The lowest BCUT2D eigenvalue weighted by Crippen LogP contribution is -2.00. The molecule has 0 N–H and O–H groups in total. The molecular weight excluding hydrogens is 547 g/mol. The van der Waals surface area contributed by atoms with Crippen molar-refractivity contribution in [2.45, 2.75) is 0 Å². The van der Waals surface area contributed by atoms with Gasteiger partial charge in [-0.15, -0.1) is 11.3 Å². The summed E-state index contributed by atoms with van der Waals surface area (Å²) in [6.45, 7) is 0. The first kappa shape index (κ1) is 25.1. The van der Waals surface area contributed by atoms with Crippen LogP contribution in [0, 0.1) is 0 Å². The average Bonchev–Trinajstić information content (AvgIpc) is 3.47. The lowest BCUT2D eigenvalue weighted by Gasteiger charge is -2.09. The molecule has 0 amide bonds. The van der Waals surface area contributed by atoms with Gasteiger partial charge in [0.2, 0.25) is 0 Å². The molecule has 8 rings (SSSR count). The molecular formula is C37H23N5S. The zero-order valence-corrected chi connectivity index (χ0v) is 23.7. The maximum absolute atomic E-state index is 5.13. The van der Waals surface area contributed by atoms with E-state index in [9.17, 15) is 0 Å². The van der Waals surface area contributed by atoms with Gasteiger partial charge in [-0.25, -0.2) is 24.9 Å². The zero-order chi connectivity index (χ0) is 28.6. The summed E-state index contributed by atoms with van der Waals surface area (Å²) in [7, 11) is 0. The van der Waals surface area contributed by atoms with Crippen molar-refractivity contribution in [1.29, 1.82) is 0 Å². The Balaban J connectivity index is 1.36. The monoisotopic (exact) mass is 569 g/mol. The summed E-state index contributed by atoms with van der Waals surface area (Å²) in [6, 6.07) is 46.9. The molecule has 5 nitrogen and oxygen atoms in total. The van der Waals surface area contributed by atoms with Crippen LogP contribution >= 0.6 is 11.3 Å². The molecule has 3 aromatic heterocycles. The van der Waals surface area contributed by atoms with Crippen LogP contribution < -0.4 is 0 Å². The second-order valence-electron chi connectivity index (χ2n) is 10.2. The van der Waals surface area contributed by atoms with Gasteiger partial charge in [0.05, 0.1) is 15.9 Å². The Bertz CT molecular complexity index is 2160. The van der Waals surface area contributed by atoms with Crippen LogP contribution in [0.2, 0.25) is 0 Å². The maximum Gasteiger partial charge on any atom is 0.164 e. The van der Waals surface area contributed by atoms with E-state index in [4.69, 9.17) is 24.9 Å². The highest BCUT2D eigenvalue weighted by molar-refractivity contribution is 7.26. The number of hydrogen-bond acceptors (Lipinski definition) is 6. The molecule has 6 heteroatoms. The van der Waals surface area contributed by atoms with E-state index in [1.54, 1.807) is 11.3 Å². The topological polar surface area (TPSA) is 64.5 Å². The smallest absolute Gasteiger partial charge is 0.164 e. The van der Waals surface area contributed by atoms with Crippen molar-refractivity contribution in [1.82, 2.24) is 24.9 Å². The van der Waals surface area contributed by atoms with E-state index in [0.29, 0.717) is 23.3 Å². The Morgan fingerprint density at radius 1 is 0.372 bits per heavy atom. The van der Waals surface area contributed by atoms with Crippen molar-refractivity contribution < 1.29 is 0 Å². The van der Waals surface area contributed by atoms with Gasteiger partial charge >= 0.3 is 0 Å². The van der Waals surface area contributed by atoms with Gasteiger partial charge in [0.1, 0.15) is 0 Å². The lowest BCUT2D eigenvalue weighted by molar-refractivity contribution is 1.07. The maximum atomic E-state index is 5.13. The van der Waals surface area contributed by atoms with E-state index in [-0.39, 0.29) is 0 Å². The molecule has 8 aromatic rings. The van der Waals surface area contributed by atoms with Crippen LogP contribution in [-0.4, -0.2) is 24.9 Å². The molecule has 0 bridgehead atoms. The molecule has 0 fully saturated rings. The van der Waals surface area contributed by atoms with Crippen molar-refractivity contribution in [3.05, 3.63) is 140 Å². The number of fused-ring (bicyclic) bond motifs is 3. The van der Waals surface area contributed by atoms with Crippen LogP contribution in [0.1, 0.15) is 0 Å². The van der Waals surface area contributed by atoms with Crippen LogP contribution in [0.25, 0.3) is 77.1 Å². The van der Waals surface area contributed by atoms with Crippen LogP contribution in [0.4, 0.5) is 0 Å². The fourth-order valence-electron chi connectivity index (χ4n) is 5.23. The van der Waals surface area contributed by atoms with Gasteiger partial charge in [0, 0.05) is 37.9 Å². The lowest BCUT2D eigenvalue weighted by atomic mass is 10.1. The summed E-state index contributed by atoms with van der Waals surface area (Å²) in [5.41, 5.74) is 6.70. The van der Waals surface area contributed by atoms with Gasteiger partial charge in [0.15, 0.2) is 23.3 Å². The van der Waals surface area contributed by atoms with Crippen LogP contribution in [-0.2, 0) is 0 Å². The molecule has 5 aromatic carbocycles. The molecule has 3 heterocycles. The number of aromatic nitrogens is 5. The standard InChI is InChI=1S/C37H23N5S/c1-5-13-24(14-6-1)31-33-32(39-34(38-31)25-15-7-2-8-16-25)29-23-28(21-22-30(29)43-33)37-41-35(26-17-9-3-10-18-26)40-36(42-37)27-19-11-4-12-20-27/h1-23H. The predicted octanol–water partition coefficient (Wildman–Crippen LogP) is 9.36. The summed E-state index contributed by atoms with van der Waals surface area (Å²) in [4.78, 5) is 25.0. The third-order valence-electron chi connectivity index (χ3n) is 7.35. The molecule has 0 radical (unpaired) electrons. The SMILES string of the molecule is c1ccc(-c2nc(-c3ccccc3)nc(-c3ccc4sc5c(-c6ccccc6)nc(-c6ccccc6)nc5c4c3)n2)cc1. The molecule has 0 aliphatic rings. The van der Waals surface area contributed by atoms with E-state index in [2.05, 4.69) is 42.5 Å². The van der Waals surface area contributed by atoms with Crippen LogP contribution in [0.3, 0.4) is 0 Å². The molecule has 0 saturated heterocycles. The minimum atomic E-state index is 0.620. The Labute approximate surface area is 252 Å². The van der Waals surface area contributed by atoms with Crippen molar-refractivity contribution in [2.24, 2.45) is 0 Å². The van der Waals surface area contributed by atoms with Gasteiger partial charge in [-0.1, -0.05) is 121 Å². The van der Waals surface area contributed by atoms with E-state index in [0.717, 1.165) is 53.8 Å². The quantitative estimate of drug-likeness (QED) is 0.207. The first-order valence-corrected chi connectivity index (χ1v) is 14.8. The Morgan fingerprint density at radius 2 is 0.814 bits per heavy atom. The molecule has 0 aliphatic carbocycles. The van der Waals surface area contributed by atoms with Crippen LogP contribution in [0.15, 0.2) is 140 Å². The minimum Gasteiger partial charge on any atom is -0.226 e. The van der Waals surface area contributed by atoms with E-state index < -0.39 is 0 Å². The number of benzene rings is 5. The van der Waals surface area contributed by atoms with Crippen molar-refractivity contribution in [3.63, 3.8) is 0 Å². The minimum absolute atomic E-state index is 0.620. The van der Waals surface area contributed by atoms with Gasteiger partial charge in [-0.05, 0) is 18.2 Å². The normalized spacial score (nSPS) is 11.3. The van der Waals surface area contributed by atoms with E-state index in [1.165, 1.54) is 0 Å². The molecule has 0 atom stereocenters. The van der Waals surface area contributed by atoms with Crippen LogP contribution in [0.5, 0.6) is 0 Å².